The highest BCUT2D eigenvalue weighted by atomic mass is 32.1. The molecule has 0 bridgehead atoms. The zero-order chi connectivity index (χ0) is 22.2. The molecular formula is C24H26N4O4S. The highest BCUT2D eigenvalue weighted by Gasteiger charge is 2.27. The molecule has 2 fully saturated rings. The topological polar surface area (TPSA) is 76.2 Å². The molecule has 9 heteroatoms. The van der Waals surface area contributed by atoms with Crippen LogP contribution >= 0.6 is 11.3 Å². The molecule has 172 valence electrons. The van der Waals surface area contributed by atoms with Gasteiger partial charge in [0.1, 0.15) is 0 Å². The Bertz CT molecular complexity index is 1170. The summed E-state index contributed by atoms with van der Waals surface area (Å²) in [6.07, 6.45) is 2.30. The van der Waals surface area contributed by atoms with Gasteiger partial charge in [-0.15, -0.1) is 0 Å². The first-order valence-electron chi connectivity index (χ1n) is 11.4. The summed E-state index contributed by atoms with van der Waals surface area (Å²) in [6.45, 7) is 6.03. The van der Waals surface area contributed by atoms with Gasteiger partial charge in [-0.2, -0.15) is 0 Å². The van der Waals surface area contributed by atoms with Crippen molar-refractivity contribution in [2.45, 2.75) is 18.9 Å². The Morgan fingerprint density at radius 2 is 1.82 bits per heavy atom. The van der Waals surface area contributed by atoms with Crippen LogP contribution < -0.4 is 19.7 Å². The average molecular weight is 467 g/mol. The van der Waals surface area contributed by atoms with Gasteiger partial charge in [0.15, 0.2) is 16.6 Å². The fourth-order valence-corrected chi connectivity index (χ4v) is 5.79. The summed E-state index contributed by atoms with van der Waals surface area (Å²) in [5, 5.41) is 3.99. The van der Waals surface area contributed by atoms with Gasteiger partial charge >= 0.3 is 0 Å². The second kappa shape index (κ2) is 8.81. The van der Waals surface area contributed by atoms with Crippen LogP contribution in [0.2, 0.25) is 0 Å². The molecule has 33 heavy (non-hydrogen) atoms. The van der Waals surface area contributed by atoms with Crippen LogP contribution in [0.4, 0.5) is 10.8 Å². The maximum atomic E-state index is 12.8. The number of fused-ring (bicyclic) bond motifs is 2. The van der Waals surface area contributed by atoms with E-state index in [1.54, 1.807) is 23.5 Å². The van der Waals surface area contributed by atoms with E-state index in [9.17, 15) is 4.79 Å². The molecule has 1 N–H and O–H groups in total. The number of amides is 1. The monoisotopic (exact) mass is 466 g/mol. The van der Waals surface area contributed by atoms with Gasteiger partial charge in [-0.1, -0.05) is 11.3 Å². The summed E-state index contributed by atoms with van der Waals surface area (Å²) < 4.78 is 17.2. The van der Waals surface area contributed by atoms with Crippen molar-refractivity contribution in [3.8, 4) is 11.5 Å². The number of benzene rings is 2. The number of nitrogens with one attached hydrogen (secondary N) is 1. The maximum Gasteiger partial charge on any atom is 0.255 e. The zero-order valence-electron chi connectivity index (χ0n) is 18.3. The molecule has 0 unspecified atom stereocenters. The average Bonchev–Trinajstić information content (AvgIpc) is 3.51. The molecule has 1 aromatic heterocycles. The SMILES string of the molecule is O=C(Nc1ccc2c(c1)OCO2)c1ccc2nc(N3CCC(N4CCOCC4)CC3)sc2c1. The number of rotatable bonds is 4. The Kier molecular flexibility index (Phi) is 5.53. The van der Waals surface area contributed by atoms with E-state index in [0.29, 0.717) is 28.8 Å². The first kappa shape index (κ1) is 20.7. The predicted octanol–water partition coefficient (Wildman–Crippen LogP) is 3.58. The number of piperidine rings is 1. The van der Waals surface area contributed by atoms with E-state index in [4.69, 9.17) is 19.2 Å². The van der Waals surface area contributed by atoms with E-state index < -0.39 is 0 Å². The number of anilines is 2. The molecule has 2 saturated heterocycles. The summed E-state index contributed by atoms with van der Waals surface area (Å²) >= 11 is 1.66. The Labute approximate surface area is 196 Å². The second-order valence-corrected chi connectivity index (χ2v) is 9.58. The fourth-order valence-electron chi connectivity index (χ4n) is 4.73. The number of aromatic nitrogens is 1. The lowest BCUT2D eigenvalue weighted by Gasteiger charge is -2.40. The molecule has 3 aliphatic rings. The molecule has 0 radical (unpaired) electrons. The number of nitrogens with zero attached hydrogens (tertiary/aromatic N) is 3. The van der Waals surface area contributed by atoms with Crippen LogP contribution in [-0.2, 0) is 4.74 Å². The van der Waals surface area contributed by atoms with Crippen LogP contribution in [0.5, 0.6) is 11.5 Å². The van der Waals surface area contributed by atoms with Gasteiger partial charge in [-0.25, -0.2) is 4.98 Å². The van der Waals surface area contributed by atoms with Crippen LogP contribution in [0.1, 0.15) is 23.2 Å². The number of carbonyl (C=O) groups is 1. The lowest BCUT2D eigenvalue weighted by Crippen LogP contribution is -2.49. The van der Waals surface area contributed by atoms with Crippen LogP contribution in [-0.4, -0.2) is 68.0 Å². The first-order valence-corrected chi connectivity index (χ1v) is 12.2. The van der Waals surface area contributed by atoms with E-state index >= 15 is 0 Å². The van der Waals surface area contributed by atoms with Crippen molar-refractivity contribution in [1.29, 1.82) is 0 Å². The van der Waals surface area contributed by atoms with E-state index in [2.05, 4.69) is 15.1 Å². The smallest absolute Gasteiger partial charge is 0.255 e. The third kappa shape index (κ3) is 4.23. The minimum Gasteiger partial charge on any atom is -0.454 e. The standard InChI is InChI=1S/C24H26N4O4S/c29-23(25-17-2-4-20-21(14-17)32-15-31-20)16-1-3-19-22(13-16)33-24(26-19)28-7-5-18(6-8-28)27-9-11-30-12-10-27/h1-4,13-14,18H,5-12,15H2,(H,25,29). The highest BCUT2D eigenvalue weighted by Crippen LogP contribution is 2.35. The van der Waals surface area contributed by atoms with E-state index in [1.807, 2.05) is 24.3 Å². The van der Waals surface area contributed by atoms with Gasteiger partial charge < -0.3 is 24.4 Å². The lowest BCUT2D eigenvalue weighted by molar-refractivity contribution is 0.0115. The molecule has 0 aliphatic carbocycles. The van der Waals surface area contributed by atoms with Crippen molar-refractivity contribution in [1.82, 2.24) is 9.88 Å². The summed E-state index contributed by atoms with van der Waals surface area (Å²) in [6, 6.07) is 11.7. The number of morpholine rings is 1. The minimum atomic E-state index is -0.156. The number of hydrogen-bond acceptors (Lipinski definition) is 8. The van der Waals surface area contributed by atoms with Crippen LogP contribution in [0.15, 0.2) is 36.4 Å². The number of thiazole rings is 1. The van der Waals surface area contributed by atoms with Crippen molar-refractivity contribution in [3.63, 3.8) is 0 Å². The van der Waals surface area contributed by atoms with E-state index in [0.717, 1.165) is 67.6 Å². The van der Waals surface area contributed by atoms with Gasteiger partial charge in [0.2, 0.25) is 6.79 Å². The molecule has 0 saturated carbocycles. The molecule has 6 rings (SSSR count). The van der Waals surface area contributed by atoms with Gasteiger partial charge in [0.05, 0.1) is 23.4 Å². The van der Waals surface area contributed by atoms with Gasteiger partial charge in [-0.3, -0.25) is 9.69 Å². The predicted molar refractivity (Wildman–Crippen MR) is 128 cm³/mol. The third-order valence-corrected chi connectivity index (χ3v) is 7.65. The van der Waals surface area contributed by atoms with E-state index in [1.165, 1.54) is 0 Å². The molecule has 0 atom stereocenters. The highest BCUT2D eigenvalue weighted by molar-refractivity contribution is 7.22. The van der Waals surface area contributed by atoms with Crippen molar-refractivity contribution in [3.05, 3.63) is 42.0 Å². The van der Waals surface area contributed by atoms with Gasteiger partial charge in [-0.05, 0) is 43.2 Å². The Morgan fingerprint density at radius 3 is 2.67 bits per heavy atom. The number of hydrogen-bond donors (Lipinski definition) is 1. The maximum absolute atomic E-state index is 12.8. The fraction of sp³-hybridized carbons (Fsp3) is 0.417. The van der Waals surface area contributed by atoms with Crippen molar-refractivity contribution in [2.24, 2.45) is 0 Å². The molecule has 0 spiro atoms. The van der Waals surface area contributed by atoms with Crippen LogP contribution in [0.25, 0.3) is 10.2 Å². The normalized spacial score (nSPS) is 19.2. The van der Waals surface area contributed by atoms with Crippen LogP contribution in [0.3, 0.4) is 0 Å². The van der Waals surface area contributed by atoms with Crippen molar-refractivity contribution >= 4 is 38.3 Å². The van der Waals surface area contributed by atoms with Crippen molar-refractivity contribution < 1.29 is 19.0 Å². The molecule has 8 nitrogen and oxygen atoms in total. The van der Waals surface area contributed by atoms with Gasteiger partial charge in [0.25, 0.3) is 5.91 Å². The third-order valence-electron chi connectivity index (χ3n) is 6.57. The zero-order valence-corrected chi connectivity index (χ0v) is 19.1. The molecule has 4 heterocycles. The van der Waals surface area contributed by atoms with E-state index in [-0.39, 0.29) is 12.7 Å². The van der Waals surface area contributed by atoms with Crippen molar-refractivity contribution in [2.75, 3.05) is 56.4 Å². The summed E-state index contributed by atoms with van der Waals surface area (Å²) in [4.78, 5) is 22.6. The molecule has 3 aliphatic heterocycles. The number of carbonyl (C=O) groups excluding carboxylic acids is 1. The molecule has 2 aromatic carbocycles. The summed E-state index contributed by atoms with van der Waals surface area (Å²) in [7, 11) is 0. The molecular weight excluding hydrogens is 440 g/mol. The Hall–Kier alpha value is -2.88. The van der Waals surface area contributed by atoms with Gasteiger partial charge in [0, 0.05) is 49.5 Å². The molecule has 3 aromatic rings. The van der Waals surface area contributed by atoms with Crippen LogP contribution in [0, 0.1) is 0 Å². The largest absolute Gasteiger partial charge is 0.454 e. The summed E-state index contributed by atoms with van der Waals surface area (Å²) in [5.41, 5.74) is 2.23. The molecule has 1 amide bonds. The Balaban J connectivity index is 1.13. The minimum absolute atomic E-state index is 0.156. The first-order chi connectivity index (χ1) is 16.2. The summed E-state index contributed by atoms with van der Waals surface area (Å²) in [5.74, 6) is 1.19. The Morgan fingerprint density at radius 1 is 1.00 bits per heavy atom. The second-order valence-electron chi connectivity index (χ2n) is 8.57. The quantitative estimate of drug-likeness (QED) is 0.630. The number of ether oxygens (including phenoxy) is 3. The lowest BCUT2D eigenvalue weighted by atomic mass is 10.0.